The number of hydrogen-bond donors (Lipinski definition) is 3. The highest BCUT2D eigenvalue weighted by molar-refractivity contribution is 5.92. The molecule has 0 saturated heterocycles. The molecule has 0 bridgehead atoms. The molecular formula is C15H19N5O3. The van der Waals surface area contributed by atoms with E-state index in [1.54, 1.807) is 0 Å². The van der Waals surface area contributed by atoms with Gasteiger partial charge in [-0.1, -0.05) is 12.1 Å². The van der Waals surface area contributed by atoms with E-state index < -0.39 is 17.7 Å². The molecule has 2 rings (SSSR count). The normalized spacial score (nSPS) is 11.7. The molecule has 2 aromatic rings. The van der Waals surface area contributed by atoms with Crippen LogP contribution in [-0.2, 0) is 11.2 Å². The van der Waals surface area contributed by atoms with E-state index in [9.17, 15) is 9.59 Å². The van der Waals surface area contributed by atoms with Crippen molar-refractivity contribution in [1.29, 1.82) is 0 Å². The highest BCUT2D eigenvalue weighted by atomic mass is 16.5. The highest BCUT2D eigenvalue weighted by Crippen LogP contribution is 2.15. The van der Waals surface area contributed by atoms with Crippen LogP contribution in [0.2, 0.25) is 0 Å². The maximum Gasteiger partial charge on any atom is 0.273 e. The monoisotopic (exact) mass is 317 g/mol. The second-order valence-corrected chi connectivity index (χ2v) is 4.95. The van der Waals surface area contributed by atoms with Crippen LogP contribution in [0.25, 0.3) is 0 Å². The first-order valence-corrected chi connectivity index (χ1v) is 7.25. The zero-order chi connectivity index (χ0) is 16.7. The lowest BCUT2D eigenvalue weighted by atomic mass is 9.98. The molecule has 1 aromatic heterocycles. The van der Waals surface area contributed by atoms with Crippen LogP contribution < -0.4 is 15.8 Å². The Bertz CT molecular complexity index is 640. The third-order valence-electron chi connectivity index (χ3n) is 3.28. The fourth-order valence-electron chi connectivity index (χ4n) is 2.06. The van der Waals surface area contributed by atoms with E-state index in [4.69, 9.17) is 10.5 Å². The summed E-state index contributed by atoms with van der Waals surface area (Å²) in [6.45, 7) is 2.64. The molecule has 0 fully saturated rings. The second kappa shape index (κ2) is 7.92. The molecule has 23 heavy (non-hydrogen) atoms. The first-order valence-electron chi connectivity index (χ1n) is 7.25. The van der Waals surface area contributed by atoms with E-state index >= 15 is 0 Å². The first kappa shape index (κ1) is 16.5. The topological polar surface area (TPSA) is 123 Å². The van der Waals surface area contributed by atoms with E-state index in [0.717, 1.165) is 11.3 Å². The molecule has 0 saturated carbocycles. The lowest BCUT2D eigenvalue weighted by molar-refractivity contribution is -0.121. The van der Waals surface area contributed by atoms with Gasteiger partial charge >= 0.3 is 0 Å². The summed E-state index contributed by atoms with van der Waals surface area (Å²) in [5, 5.41) is 12.2. The summed E-state index contributed by atoms with van der Waals surface area (Å²) in [7, 11) is 0. The van der Waals surface area contributed by atoms with Gasteiger partial charge in [0.25, 0.3) is 5.91 Å². The Morgan fingerprint density at radius 3 is 2.65 bits per heavy atom. The predicted molar refractivity (Wildman–Crippen MR) is 82.7 cm³/mol. The van der Waals surface area contributed by atoms with Gasteiger partial charge in [0.15, 0.2) is 5.69 Å². The molecule has 1 aromatic carbocycles. The smallest absolute Gasteiger partial charge is 0.273 e. The number of H-pyrrole nitrogens is 1. The summed E-state index contributed by atoms with van der Waals surface area (Å²) in [5.74, 6) is -0.619. The van der Waals surface area contributed by atoms with Gasteiger partial charge in [0, 0.05) is 6.54 Å². The molecule has 0 radical (unpaired) electrons. The number of primary amides is 1. The van der Waals surface area contributed by atoms with Crippen molar-refractivity contribution in [2.75, 3.05) is 13.2 Å². The minimum Gasteiger partial charge on any atom is -0.494 e. The van der Waals surface area contributed by atoms with Crippen molar-refractivity contribution in [2.24, 2.45) is 11.7 Å². The molecule has 122 valence electrons. The van der Waals surface area contributed by atoms with Crippen molar-refractivity contribution >= 4 is 11.8 Å². The Labute approximate surface area is 133 Å². The third-order valence-corrected chi connectivity index (χ3v) is 3.28. The van der Waals surface area contributed by atoms with Crippen molar-refractivity contribution < 1.29 is 14.3 Å². The van der Waals surface area contributed by atoms with E-state index in [0.29, 0.717) is 13.0 Å². The fraction of sp³-hybridized carbons (Fsp3) is 0.333. The zero-order valence-electron chi connectivity index (χ0n) is 12.8. The molecule has 8 nitrogen and oxygen atoms in total. The number of nitrogens with two attached hydrogens (primary N) is 1. The molecule has 2 amide bonds. The van der Waals surface area contributed by atoms with Gasteiger partial charge in [-0.15, -0.1) is 0 Å². The Morgan fingerprint density at radius 2 is 2.09 bits per heavy atom. The molecule has 4 N–H and O–H groups in total. The lowest BCUT2D eigenvalue weighted by Crippen LogP contribution is -2.37. The number of nitrogens with one attached hydrogen (secondary N) is 2. The summed E-state index contributed by atoms with van der Waals surface area (Å²) < 4.78 is 5.37. The fourth-order valence-corrected chi connectivity index (χ4v) is 2.06. The number of carbonyl (C=O) groups is 2. The maximum atomic E-state index is 11.8. The van der Waals surface area contributed by atoms with Gasteiger partial charge < -0.3 is 15.8 Å². The number of aromatic amines is 1. The molecule has 1 atom stereocenters. The van der Waals surface area contributed by atoms with E-state index in [1.807, 2.05) is 31.2 Å². The number of ether oxygens (including phenoxy) is 1. The summed E-state index contributed by atoms with van der Waals surface area (Å²) in [5.41, 5.74) is 6.52. The van der Waals surface area contributed by atoms with Gasteiger partial charge in [-0.3, -0.25) is 9.59 Å². The zero-order valence-corrected chi connectivity index (χ0v) is 12.8. The number of hydrogen-bond acceptors (Lipinski definition) is 5. The number of nitrogens with zero attached hydrogens (tertiary/aromatic N) is 2. The van der Waals surface area contributed by atoms with Crippen molar-refractivity contribution in [3.63, 3.8) is 0 Å². The molecule has 0 unspecified atom stereocenters. The molecule has 0 aliphatic carbocycles. The highest BCUT2D eigenvalue weighted by Gasteiger charge is 2.18. The number of benzene rings is 1. The van der Waals surface area contributed by atoms with Gasteiger partial charge in [0.2, 0.25) is 5.91 Å². The molecule has 8 heteroatoms. The Balaban J connectivity index is 1.93. The molecule has 0 spiro atoms. The van der Waals surface area contributed by atoms with Gasteiger partial charge in [-0.05, 0) is 31.0 Å². The maximum absolute atomic E-state index is 11.8. The van der Waals surface area contributed by atoms with Crippen LogP contribution in [0.3, 0.4) is 0 Å². The van der Waals surface area contributed by atoms with Gasteiger partial charge in [0.1, 0.15) is 5.75 Å². The molecule has 0 aliphatic heterocycles. The van der Waals surface area contributed by atoms with Crippen LogP contribution in [0, 0.1) is 5.92 Å². The minimum atomic E-state index is -0.510. The average molecular weight is 317 g/mol. The van der Waals surface area contributed by atoms with Crippen LogP contribution in [0.15, 0.2) is 30.5 Å². The first-order chi connectivity index (χ1) is 11.1. The largest absolute Gasteiger partial charge is 0.494 e. The number of rotatable bonds is 8. The predicted octanol–water partition coefficient (Wildman–Crippen LogP) is 0.277. The van der Waals surface area contributed by atoms with Crippen molar-refractivity contribution in [3.8, 4) is 5.75 Å². The summed E-state index contributed by atoms with van der Waals surface area (Å²) in [6.07, 6.45) is 1.74. The Kier molecular flexibility index (Phi) is 5.67. The van der Waals surface area contributed by atoms with Crippen LogP contribution in [-0.4, -0.2) is 40.4 Å². The van der Waals surface area contributed by atoms with Crippen molar-refractivity contribution in [2.45, 2.75) is 13.3 Å². The average Bonchev–Trinajstić information content (AvgIpc) is 3.07. The van der Waals surface area contributed by atoms with Gasteiger partial charge in [0.05, 0.1) is 18.7 Å². The third kappa shape index (κ3) is 4.80. The lowest BCUT2D eigenvalue weighted by Gasteiger charge is -2.14. The SMILES string of the molecule is CCOc1ccc(C[C@@H](CNC(=O)c2cn[nH]n2)C(N)=O)cc1. The van der Waals surface area contributed by atoms with Crippen molar-refractivity contribution in [3.05, 3.63) is 41.7 Å². The van der Waals surface area contributed by atoms with E-state index in [2.05, 4.69) is 20.7 Å². The number of amides is 2. The molecule has 1 heterocycles. The Hall–Kier alpha value is -2.90. The van der Waals surface area contributed by atoms with Crippen LogP contribution >= 0.6 is 0 Å². The van der Waals surface area contributed by atoms with Gasteiger partial charge in [-0.25, -0.2) is 0 Å². The standard InChI is InChI=1S/C15H19N5O3/c1-2-23-12-5-3-10(4-6-12)7-11(14(16)21)8-17-15(22)13-9-18-20-19-13/h3-6,9,11H,2,7-8H2,1H3,(H2,16,21)(H,17,22)(H,18,19,20)/t11-/m0/s1. The second-order valence-electron chi connectivity index (χ2n) is 4.95. The van der Waals surface area contributed by atoms with Crippen molar-refractivity contribution in [1.82, 2.24) is 20.7 Å². The van der Waals surface area contributed by atoms with E-state index in [-0.39, 0.29) is 12.2 Å². The summed E-state index contributed by atoms with van der Waals surface area (Å²) in [6, 6.07) is 7.43. The van der Waals surface area contributed by atoms with Crippen LogP contribution in [0.4, 0.5) is 0 Å². The van der Waals surface area contributed by atoms with Gasteiger partial charge in [-0.2, -0.15) is 15.4 Å². The number of carbonyl (C=O) groups excluding carboxylic acids is 2. The minimum absolute atomic E-state index is 0.133. The van der Waals surface area contributed by atoms with Crippen LogP contribution in [0.1, 0.15) is 23.0 Å². The van der Waals surface area contributed by atoms with E-state index in [1.165, 1.54) is 6.20 Å². The molecule has 0 aliphatic rings. The molecular weight excluding hydrogens is 298 g/mol. The Morgan fingerprint density at radius 1 is 1.35 bits per heavy atom. The summed E-state index contributed by atoms with van der Waals surface area (Å²) in [4.78, 5) is 23.4. The van der Waals surface area contributed by atoms with Crippen LogP contribution in [0.5, 0.6) is 5.75 Å². The quantitative estimate of drug-likeness (QED) is 0.645. The number of aromatic nitrogens is 3. The summed E-state index contributed by atoms with van der Waals surface area (Å²) >= 11 is 0.